The zero-order valence-corrected chi connectivity index (χ0v) is 26.0. The Morgan fingerprint density at radius 3 is 2.03 bits per heavy atom. The first kappa shape index (κ1) is 32.5. The van der Waals surface area contributed by atoms with Gasteiger partial charge in [0.15, 0.2) is 0 Å². The van der Waals surface area contributed by atoms with Crippen molar-refractivity contribution in [3.05, 3.63) is 64.1 Å². The predicted octanol–water partition coefficient (Wildman–Crippen LogP) is 5.35. The third-order valence-electron chi connectivity index (χ3n) is 6.24. The fourth-order valence-electron chi connectivity index (χ4n) is 3.49. The molecule has 10 heteroatoms. The number of nitrogens with one attached hydrogen (secondary N) is 1. The molecule has 3 amide bonds. The highest BCUT2D eigenvalue weighted by atomic mass is 79.9. The first-order chi connectivity index (χ1) is 17.9. The summed E-state index contributed by atoms with van der Waals surface area (Å²) in [5, 5.41) is 2.79. The van der Waals surface area contributed by atoms with Gasteiger partial charge in [-0.3, -0.25) is 9.59 Å². The molecule has 0 bridgehead atoms. The van der Waals surface area contributed by atoms with E-state index < -0.39 is 11.7 Å². The van der Waals surface area contributed by atoms with Gasteiger partial charge in [-0.25, -0.2) is 9.69 Å². The van der Waals surface area contributed by atoms with Crippen molar-refractivity contribution >= 4 is 46.4 Å². The van der Waals surface area contributed by atoms with Crippen molar-refractivity contribution in [1.82, 2.24) is 10.2 Å². The number of halogens is 1. The van der Waals surface area contributed by atoms with Crippen molar-refractivity contribution in [2.45, 2.75) is 92.2 Å². The van der Waals surface area contributed by atoms with Gasteiger partial charge in [0.05, 0.1) is 17.7 Å². The van der Waals surface area contributed by atoms with Crippen LogP contribution in [0.4, 0.5) is 4.79 Å². The molecule has 1 heterocycles. The lowest BCUT2D eigenvalue weighted by atomic mass is 9.78. The monoisotopic (exact) mass is 602 g/mol. The average Bonchev–Trinajstić information content (AvgIpc) is 3.02. The summed E-state index contributed by atoms with van der Waals surface area (Å²) >= 11 is 3.36. The molecule has 1 aliphatic rings. The van der Waals surface area contributed by atoms with Gasteiger partial charge in [-0.1, -0.05) is 52.3 Å². The Bertz CT molecular complexity index is 1160. The summed E-state index contributed by atoms with van der Waals surface area (Å²) in [7, 11) is -0.364. The molecule has 1 aliphatic heterocycles. The van der Waals surface area contributed by atoms with E-state index >= 15 is 0 Å². The number of hydrogen-bond acceptors (Lipinski definition) is 6. The fraction of sp³-hybridized carbons (Fsp3) is 0.483. The number of amides is 3. The van der Waals surface area contributed by atoms with Crippen LogP contribution in [0.3, 0.4) is 0 Å². The summed E-state index contributed by atoms with van der Waals surface area (Å²) in [5.74, 6) is -0.375. The van der Waals surface area contributed by atoms with E-state index in [2.05, 4.69) is 21.2 Å². The van der Waals surface area contributed by atoms with Gasteiger partial charge in [-0.2, -0.15) is 0 Å². The van der Waals surface area contributed by atoms with Crippen molar-refractivity contribution in [3.63, 3.8) is 0 Å². The number of carbonyl (C=O) groups excluding carboxylic acids is 3. The molecule has 1 saturated heterocycles. The van der Waals surface area contributed by atoms with E-state index in [1.165, 1.54) is 13.8 Å². The second-order valence-corrected chi connectivity index (χ2v) is 12.4. The van der Waals surface area contributed by atoms with Gasteiger partial charge in [-0.05, 0) is 77.2 Å². The summed E-state index contributed by atoms with van der Waals surface area (Å²) < 4.78 is 18.2. The van der Waals surface area contributed by atoms with E-state index in [1.807, 2.05) is 76.2 Å². The molecule has 0 unspecified atom stereocenters. The minimum Gasteiger partial charge on any atom is -0.443 e. The largest absolute Gasteiger partial charge is 0.494 e. The molecular formula is C29H40BBrN2O6. The average molecular weight is 603 g/mol. The molecule has 0 radical (unpaired) electrons. The molecule has 212 valence electrons. The van der Waals surface area contributed by atoms with E-state index in [9.17, 15) is 14.4 Å². The first-order valence-corrected chi connectivity index (χ1v) is 13.6. The number of benzene rings is 2. The summed E-state index contributed by atoms with van der Waals surface area (Å²) in [6.07, 6.45) is -0.625. The van der Waals surface area contributed by atoms with Gasteiger partial charge in [0.1, 0.15) is 5.60 Å². The van der Waals surface area contributed by atoms with Crippen LogP contribution >= 0.6 is 15.9 Å². The van der Waals surface area contributed by atoms with Gasteiger partial charge in [0.2, 0.25) is 11.8 Å². The van der Waals surface area contributed by atoms with Crippen LogP contribution in [0.15, 0.2) is 53.0 Å². The normalized spacial score (nSPS) is 15.6. The van der Waals surface area contributed by atoms with E-state index in [0.717, 1.165) is 26.0 Å². The lowest BCUT2D eigenvalue weighted by Crippen LogP contribution is -2.41. The van der Waals surface area contributed by atoms with Crippen LogP contribution in [-0.2, 0) is 36.7 Å². The number of ether oxygens (including phenoxy) is 1. The molecule has 0 aromatic heterocycles. The van der Waals surface area contributed by atoms with Gasteiger partial charge < -0.3 is 19.4 Å². The lowest BCUT2D eigenvalue weighted by Gasteiger charge is -2.32. The lowest BCUT2D eigenvalue weighted by molar-refractivity contribution is -0.128. The SMILES string of the molecule is CC(=O)N(Cc1cccc(Br)c1)C(=O)OC(C)(C)C.CC(=O)NCc1cccc(B2OC(C)(C)C(C)(C)O2)c1. The van der Waals surface area contributed by atoms with Crippen molar-refractivity contribution in [2.24, 2.45) is 0 Å². The number of carbonyl (C=O) groups is 3. The molecule has 0 spiro atoms. The molecule has 39 heavy (non-hydrogen) atoms. The van der Waals surface area contributed by atoms with Gasteiger partial charge in [-0.15, -0.1) is 0 Å². The highest BCUT2D eigenvalue weighted by molar-refractivity contribution is 9.10. The molecule has 2 aromatic carbocycles. The molecule has 1 fully saturated rings. The summed E-state index contributed by atoms with van der Waals surface area (Å²) in [6, 6.07) is 15.4. The zero-order valence-electron chi connectivity index (χ0n) is 24.4. The second kappa shape index (κ2) is 13.1. The van der Waals surface area contributed by atoms with Crippen LogP contribution in [0, 0.1) is 0 Å². The minimum absolute atomic E-state index is 0.0361. The molecule has 3 rings (SSSR count). The van der Waals surface area contributed by atoms with Gasteiger partial charge >= 0.3 is 13.2 Å². The standard InChI is InChI=1S/C15H22BNO3.C14H18BrNO3/c1-11(18)17-10-12-7-6-8-13(9-12)16-19-14(2,3)15(4,5)20-16;1-10(17)16(13(18)19-14(2,3)4)9-11-6-5-7-12(15)8-11/h6-9H,10H2,1-5H3,(H,17,18);5-8H,9H2,1-4H3. The molecule has 2 aromatic rings. The van der Waals surface area contributed by atoms with Crippen molar-refractivity contribution in [1.29, 1.82) is 0 Å². The predicted molar refractivity (Wildman–Crippen MR) is 156 cm³/mol. The third-order valence-corrected chi connectivity index (χ3v) is 6.73. The van der Waals surface area contributed by atoms with Crippen LogP contribution in [0.5, 0.6) is 0 Å². The highest BCUT2D eigenvalue weighted by Gasteiger charge is 2.51. The molecule has 1 N–H and O–H groups in total. The Kier molecular flexibility index (Phi) is 10.9. The topological polar surface area (TPSA) is 94.2 Å². The summed E-state index contributed by atoms with van der Waals surface area (Å²) in [4.78, 5) is 35.6. The second-order valence-electron chi connectivity index (χ2n) is 11.5. The Morgan fingerprint density at radius 1 is 0.949 bits per heavy atom. The summed E-state index contributed by atoms with van der Waals surface area (Å²) in [5.41, 5.74) is 1.56. The zero-order chi connectivity index (χ0) is 29.6. The van der Waals surface area contributed by atoms with E-state index in [4.69, 9.17) is 14.0 Å². The molecule has 0 atom stereocenters. The van der Waals surface area contributed by atoms with Crippen molar-refractivity contribution in [3.8, 4) is 0 Å². The minimum atomic E-state index is -0.625. The fourth-order valence-corrected chi connectivity index (χ4v) is 3.94. The summed E-state index contributed by atoms with van der Waals surface area (Å²) in [6.45, 7) is 17.0. The van der Waals surface area contributed by atoms with Crippen LogP contribution in [0.25, 0.3) is 0 Å². The van der Waals surface area contributed by atoms with Crippen LogP contribution < -0.4 is 10.8 Å². The Labute approximate surface area is 241 Å². The third kappa shape index (κ3) is 10.1. The Balaban J connectivity index is 0.000000274. The number of nitrogens with zero attached hydrogens (tertiary/aromatic N) is 1. The maximum absolute atomic E-state index is 12.0. The van der Waals surface area contributed by atoms with Crippen LogP contribution in [-0.4, -0.2) is 46.7 Å². The maximum atomic E-state index is 12.0. The van der Waals surface area contributed by atoms with Crippen molar-refractivity contribution < 1.29 is 28.4 Å². The number of hydrogen-bond donors (Lipinski definition) is 1. The van der Waals surface area contributed by atoms with Crippen LogP contribution in [0.2, 0.25) is 0 Å². The van der Waals surface area contributed by atoms with Gasteiger partial charge in [0, 0.05) is 24.9 Å². The Hall–Kier alpha value is -2.69. The molecular weight excluding hydrogens is 563 g/mol. The smallest absolute Gasteiger partial charge is 0.443 e. The van der Waals surface area contributed by atoms with E-state index in [1.54, 1.807) is 20.8 Å². The molecule has 8 nitrogen and oxygen atoms in total. The molecule has 0 aliphatic carbocycles. The number of rotatable bonds is 5. The highest BCUT2D eigenvalue weighted by Crippen LogP contribution is 2.36. The van der Waals surface area contributed by atoms with Crippen LogP contribution in [0.1, 0.15) is 73.4 Å². The maximum Gasteiger partial charge on any atom is 0.494 e. The number of imide groups is 1. The van der Waals surface area contributed by atoms with E-state index in [-0.39, 0.29) is 36.7 Å². The molecule has 0 saturated carbocycles. The van der Waals surface area contributed by atoms with E-state index in [0.29, 0.717) is 6.54 Å². The Morgan fingerprint density at radius 2 is 1.51 bits per heavy atom. The first-order valence-electron chi connectivity index (χ1n) is 12.8. The quantitative estimate of drug-likeness (QED) is 0.463. The van der Waals surface area contributed by atoms with Gasteiger partial charge in [0.25, 0.3) is 0 Å². The van der Waals surface area contributed by atoms with Crippen molar-refractivity contribution in [2.75, 3.05) is 0 Å².